The standard InChI is InChI=1S/C13H18FNO2/c1-3-17-12-8-11(13(12)16-2)15-10-6-4-5-9(14)7-10/h4-7,11-13,15H,3,8H2,1-2H3. The largest absolute Gasteiger partial charge is 0.379 e. The van der Waals surface area contributed by atoms with Crippen LogP contribution in [0.3, 0.4) is 0 Å². The van der Waals surface area contributed by atoms with Crippen molar-refractivity contribution >= 4 is 5.69 Å². The van der Waals surface area contributed by atoms with E-state index in [1.54, 1.807) is 13.2 Å². The molecule has 1 fully saturated rings. The average Bonchev–Trinajstić information content (AvgIpc) is 2.28. The Labute approximate surface area is 101 Å². The van der Waals surface area contributed by atoms with Crippen LogP contribution in [0, 0.1) is 5.82 Å². The lowest BCUT2D eigenvalue weighted by Gasteiger charge is -2.43. The summed E-state index contributed by atoms with van der Waals surface area (Å²) in [5.41, 5.74) is 0.784. The Hall–Kier alpha value is -1.13. The van der Waals surface area contributed by atoms with Crippen molar-refractivity contribution in [2.45, 2.75) is 31.6 Å². The number of benzene rings is 1. The highest BCUT2D eigenvalue weighted by atomic mass is 19.1. The molecule has 1 aliphatic carbocycles. The van der Waals surface area contributed by atoms with E-state index in [9.17, 15) is 4.39 Å². The van der Waals surface area contributed by atoms with E-state index in [1.807, 2.05) is 13.0 Å². The zero-order valence-corrected chi connectivity index (χ0v) is 10.2. The van der Waals surface area contributed by atoms with Gasteiger partial charge in [0.25, 0.3) is 0 Å². The Morgan fingerprint density at radius 2 is 2.29 bits per heavy atom. The lowest BCUT2D eigenvalue weighted by molar-refractivity contribution is -0.118. The average molecular weight is 239 g/mol. The summed E-state index contributed by atoms with van der Waals surface area (Å²) >= 11 is 0. The lowest BCUT2D eigenvalue weighted by atomic mass is 9.85. The normalized spacial score (nSPS) is 27.6. The van der Waals surface area contributed by atoms with E-state index in [2.05, 4.69) is 5.32 Å². The molecule has 1 N–H and O–H groups in total. The molecule has 1 aliphatic rings. The molecule has 0 radical (unpaired) electrons. The van der Waals surface area contributed by atoms with Gasteiger partial charge in [-0.25, -0.2) is 4.39 Å². The third-order valence-corrected chi connectivity index (χ3v) is 3.08. The quantitative estimate of drug-likeness (QED) is 0.856. The summed E-state index contributed by atoms with van der Waals surface area (Å²) in [6, 6.07) is 6.66. The van der Waals surface area contributed by atoms with Crippen LogP contribution < -0.4 is 5.32 Å². The fourth-order valence-corrected chi connectivity index (χ4v) is 2.21. The zero-order chi connectivity index (χ0) is 12.3. The highest BCUT2D eigenvalue weighted by Crippen LogP contribution is 2.29. The summed E-state index contributed by atoms with van der Waals surface area (Å²) in [6.07, 6.45) is 1.08. The number of ether oxygens (including phenoxy) is 2. The molecule has 2 rings (SSSR count). The van der Waals surface area contributed by atoms with Crippen molar-refractivity contribution < 1.29 is 13.9 Å². The number of rotatable bonds is 5. The van der Waals surface area contributed by atoms with E-state index in [0.29, 0.717) is 6.61 Å². The monoisotopic (exact) mass is 239 g/mol. The first kappa shape index (κ1) is 12.3. The first-order valence-corrected chi connectivity index (χ1v) is 5.91. The third kappa shape index (κ3) is 2.76. The summed E-state index contributed by atoms with van der Waals surface area (Å²) < 4.78 is 23.9. The number of methoxy groups -OCH3 is 1. The van der Waals surface area contributed by atoms with Gasteiger partial charge in [0.05, 0.1) is 12.1 Å². The Bertz CT molecular complexity index is 372. The molecule has 0 heterocycles. The first-order valence-electron chi connectivity index (χ1n) is 5.91. The van der Waals surface area contributed by atoms with Gasteiger partial charge in [0.1, 0.15) is 11.9 Å². The smallest absolute Gasteiger partial charge is 0.125 e. The van der Waals surface area contributed by atoms with Gasteiger partial charge in [-0.05, 0) is 31.5 Å². The Kier molecular flexibility index (Phi) is 3.97. The number of hydrogen-bond acceptors (Lipinski definition) is 3. The Morgan fingerprint density at radius 1 is 1.47 bits per heavy atom. The molecule has 0 saturated heterocycles. The van der Waals surface area contributed by atoms with E-state index in [0.717, 1.165) is 12.1 Å². The maximum atomic E-state index is 13.0. The number of halogens is 1. The molecule has 3 unspecified atom stereocenters. The van der Waals surface area contributed by atoms with Gasteiger partial charge in [-0.15, -0.1) is 0 Å². The van der Waals surface area contributed by atoms with Crippen molar-refractivity contribution in [3.8, 4) is 0 Å². The molecule has 1 aromatic rings. The van der Waals surface area contributed by atoms with Crippen LogP contribution in [0.1, 0.15) is 13.3 Å². The van der Waals surface area contributed by atoms with E-state index < -0.39 is 0 Å². The van der Waals surface area contributed by atoms with Gasteiger partial charge in [-0.3, -0.25) is 0 Å². The summed E-state index contributed by atoms with van der Waals surface area (Å²) in [5.74, 6) is -0.232. The van der Waals surface area contributed by atoms with Gasteiger partial charge < -0.3 is 14.8 Å². The van der Waals surface area contributed by atoms with E-state index in [4.69, 9.17) is 9.47 Å². The molecule has 4 heteroatoms. The Morgan fingerprint density at radius 3 is 2.94 bits per heavy atom. The van der Waals surface area contributed by atoms with Gasteiger partial charge in [0, 0.05) is 19.4 Å². The second-order valence-electron chi connectivity index (χ2n) is 4.19. The van der Waals surface area contributed by atoms with Crippen LogP contribution in [0.25, 0.3) is 0 Å². The van der Waals surface area contributed by atoms with Crippen molar-refractivity contribution in [1.29, 1.82) is 0 Å². The number of anilines is 1. The Balaban J connectivity index is 1.92. The lowest BCUT2D eigenvalue weighted by Crippen LogP contribution is -2.56. The van der Waals surface area contributed by atoms with Gasteiger partial charge >= 0.3 is 0 Å². The van der Waals surface area contributed by atoms with Gasteiger partial charge in [-0.2, -0.15) is 0 Å². The minimum atomic E-state index is -0.232. The summed E-state index contributed by atoms with van der Waals surface area (Å²) in [5, 5.41) is 3.26. The van der Waals surface area contributed by atoms with Gasteiger partial charge in [-0.1, -0.05) is 6.07 Å². The van der Waals surface area contributed by atoms with Crippen molar-refractivity contribution in [2.24, 2.45) is 0 Å². The molecule has 0 bridgehead atoms. The maximum absolute atomic E-state index is 13.0. The van der Waals surface area contributed by atoms with E-state index in [-0.39, 0.29) is 24.1 Å². The van der Waals surface area contributed by atoms with E-state index in [1.165, 1.54) is 12.1 Å². The molecular formula is C13H18FNO2. The van der Waals surface area contributed by atoms with Crippen molar-refractivity contribution in [3.63, 3.8) is 0 Å². The fraction of sp³-hybridized carbons (Fsp3) is 0.538. The van der Waals surface area contributed by atoms with Gasteiger partial charge in [0.2, 0.25) is 0 Å². The molecule has 0 aromatic heterocycles. The summed E-state index contributed by atoms with van der Waals surface area (Å²) in [7, 11) is 1.68. The molecule has 3 atom stereocenters. The molecule has 94 valence electrons. The molecule has 0 amide bonds. The summed E-state index contributed by atoms with van der Waals surface area (Å²) in [6.45, 7) is 2.66. The number of hydrogen-bond donors (Lipinski definition) is 1. The fourth-order valence-electron chi connectivity index (χ4n) is 2.21. The van der Waals surface area contributed by atoms with Crippen molar-refractivity contribution in [3.05, 3.63) is 30.1 Å². The van der Waals surface area contributed by atoms with Crippen LogP contribution in [-0.4, -0.2) is 32.0 Å². The summed E-state index contributed by atoms with van der Waals surface area (Å²) in [4.78, 5) is 0. The minimum Gasteiger partial charge on any atom is -0.379 e. The zero-order valence-electron chi connectivity index (χ0n) is 10.2. The molecular weight excluding hydrogens is 221 g/mol. The predicted octanol–water partition coefficient (Wildman–Crippen LogP) is 2.43. The SMILES string of the molecule is CCOC1CC(Nc2cccc(F)c2)C1OC. The van der Waals surface area contributed by atoms with Crippen LogP contribution in [0.2, 0.25) is 0 Å². The predicted molar refractivity (Wildman–Crippen MR) is 64.6 cm³/mol. The van der Waals surface area contributed by atoms with Crippen molar-refractivity contribution in [2.75, 3.05) is 19.0 Å². The molecule has 17 heavy (non-hydrogen) atoms. The molecule has 0 aliphatic heterocycles. The molecule has 1 aromatic carbocycles. The highest BCUT2D eigenvalue weighted by Gasteiger charge is 2.42. The third-order valence-electron chi connectivity index (χ3n) is 3.08. The maximum Gasteiger partial charge on any atom is 0.125 e. The van der Waals surface area contributed by atoms with Crippen molar-refractivity contribution in [1.82, 2.24) is 0 Å². The van der Waals surface area contributed by atoms with Crippen LogP contribution in [0.15, 0.2) is 24.3 Å². The van der Waals surface area contributed by atoms with Crippen LogP contribution in [0.4, 0.5) is 10.1 Å². The first-order chi connectivity index (χ1) is 8.24. The molecule has 3 nitrogen and oxygen atoms in total. The topological polar surface area (TPSA) is 30.5 Å². The second-order valence-corrected chi connectivity index (χ2v) is 4.19. The molecule has 0 spiro atoms. The second kappa shape index (κ2) is 5.47. The van der Waals surface area contributed by atoms with Crippen LogP contribution >= 0.6 is 0 Å². The van der Waals surface area contributed by atoms with Crippen LogP contribution in [-0.2, 0) is 9.47 Å². The minimum absolute atomic E-state index is 0.0400. The molecule has 1 saturated carbocycles. The highest BCUT2D eigenvalue weighted by molar-refractivity contribution is 5.45. The van der Waals surface area contributed by atoms with Gasteiger partial charge in [0.15, 0.2) is 0 Å². The van der Waals surface area contributed by atoms with E-state index >= 15 is 0 Å². The van der Waals surface area contributed by atoms with Crippen LogP contribution in [0.5, 0.6) is 0 Å². The number of nitrogens with one attached hydrogen (secondary N) is 1.